The Balaban J connectivity index is 1.85. The van der Waals surface area contributed by atoms with E-state index in [0.29, 0.717) is 39.0 Å². The van der Waals surface area contributed by atoms with Crippen LogP contribution < -0.4 is 10.6 Å². The van der Waals surface area contributed by atoms with E-state index < -0.39 is 10.0 Å². The first-order chi connectivity index (χ1) is 14.4. The molecule has 0 amide bonds. The standard InChI is InChI=1S/C20H17Cl2N5O2S/c1-23-9-13-12-27(30(28,29)16-3-2-6-24-11-16)19-8-15(10-25-20(13)19)26-18-5-4-14(21)7-17(18)22/h2-8,10-12,23,26H,9H2,1H3. The molecule has 0 saturated carbocycles. The molecule has 30 heavy (non-hydrogen) atoms. The Morgan fingerprint density at radius 1 is 1.13 bits per heavy atom. The third-order valence-electron chi connectivity index (χ3n) is 4.45. The lowest BCUT2D eigenvalue weighted by Gasteiger charge is -2.10. The Morgan fingerprint density at radius 2 is 1.97 bits per heavy atom. The average Bonchev–Trinajstić information content (AvgIpc) is 3.10. The molecule has 0 fully saturated rings. The molecule has 0 spiro atoms. The molecule has 0 aliphatic carbocycles. The van der Waals surface area contributed by atoms with Gasteiger partial charge < -0.3 is 10.6 Å². The van der Waals surface area contributed by atoms with Gasteiger partial charge in [-0.15, -0.1) is 0 Å². The highest BCUT2D eigenvalue weighted by molar-refractivity contribution is 7.90. The van der Waals surface area contributed by atoms with E-state index in [0.717, 1.165) is 5.56 Å². The number of halogens is 2. The van der Waals surface area contributed by atoms with Gasteiger partial charge in [0.15, 0.2) is 0 Å². The van der Waals surface area contributed by atoms with Crippen LogP contribution in [0.2, 0.25) is 10.0 Å². The summed E-state index contributed by atoms with van der Waals surface area (Å²) >= 11 is 12.2. The molecule has 0 atom stereocenters. The molecule has 0 bridgehead atoms. The number of hydrogen-bond acceptors (Lipinski definition) is 6. The van der Waals surface area contributed by atoms with Gasteiger partial charge >= 0.3 is 0 Å². The summed E-state index contributed by atoms with van der Waals surface area (Å²) in [6.07, 6.45) is 6.06. The van der Waals surface area contributed by atoms with E-state index in [-0.39, 0.29) is 4.90 Å². The number of rotatable bonds is 6. The summed E-state index contributed by atoms with van der Waals surface area (Å²) < 4.78 is 27.7. The van der Waals surface area contributed by atoms with Crippen molar-refractivity contribution in [1.29, 1.82) is 0 Å². The Hall–Kier alpha value is -2.65. The van der Waals surface area contributed by atoms with Crippen molar-refractivity contribution >= 4 is 55.6 Å². The minimum absolute atomic E-state index is 0.0945. The van der Waals surface area contributed by atoms with Crippen molar-refractivity contribution in [2.24, 2.45) is 0 Å². The number of anilines is 2. The van der Waals surface area contributed by atoms with Gasteiger partial charge in [0.2, 0.25) is 0 Å². The molecule has 0 aliphatic heterocycles. The van der Waals surface area contributed by atoms with Crippen LogP contribution in [0.5, 0.6) is 0 Å². The SMILES string of the molecule is CNCc1cn(S(=O)(=O)c2cccnc2)c2cc(Nc3ccc(Cl)cc3Cl)cnc12. The van der Waals surface area contributed by atoms with Crippen LogP contribution in [0, 0.1) is 0 Å². The van der Waals surface area contributed by atoms with Gasteiger partial charge in [-0.3, -0.25) is 9.97 Å². The number of nitrogens with one attached hydrogen (secondary N) is 2. The Morgan fingerprint density at radius 3 is 2.67 bits per heavy atom. The molecule has 0 aliphatic rings. The van der Waals surface area contributed by atoms with Gasteiger partial charge in [-0.2, -0.15) is 0 Å². The van der Waals surface area contributed by atoms with Crippen LogP contribution in [0.4, 0.5) is 11.4 Å². The zero-order chi connectivity index (χ0) is 21.3. The zero-order valence-electron chi connectivity index (χ0n) is 15.8. The van der Waals surface area contributed by atoms with Crippen LogP contribution in [-0.4, -0.2) is 29.4 Å². The number of pyridine rings is 2. The molecule has 4 rings (SSSR count). The predicted molar refractivity (Wildman–Crippen MR) is 119 cm³/mol. The highest BCUT2D eigenvalue weighted by atomic mass is 35.5. The summed E-state index contributed by atoms with van der Waals surface area (Å²) in [7, 11) is -2.06. The topological polar surface area (TPSA) is 88.9 Å². The van der Waals surface area contributed by atoms with E-state index in [1.54, 1.807) is 49.8 Å². The molecule has 3 aromatic heterocycles. The summed E-state index contributed by atoms with van der Waals surface area (Å²) in [6, 6.07) is 9.89. The van der Waals surface area contributed by atoms with Gasteiger partial charge in [0.25, 0.3) is 10.0 Å². The van der Waals surface area contributed by atoms with Gasteiger partial charge in [0.1, 0.15) is 4.90 Å². The summed E-state index contributed by atoms with van der Waals surface area (Å²) in [4.78, 5) is 8.52. The maximum absolute atomic E-state index is 13.2. The zero-order valence-corrected chi connectivity index (χ0v) is 18.1. The van der Waals surface area contributed by atoms with Gasteiger partial charge in [0, 0.05) is 35.7 Å². The van der Waals surface area contributed by atoms with Crippen LogP contribution in [0.1, 0.15) is 5.56 Å². The average molecular weight is 462 g/mol. The van der Waals surface area contributed by atoms with E-state index in [2.05, 4.69) is 20.6 Å². The van der Waals surface area contributed by atoms with Crippen LogP contribution in [0.3, 0.4) is 0 Å². The van der Waals surface area contributed by atoms with E-state index in [1.807, 2.05) is 0 Å². The first kappa shape index (κ1) is 20.6. The molecule has 7 nitrogen and oxygen atoms in total. The monoisotopic (exact) mass is 461 g/mol. The normalized spacial score (nSPS) is 11.7. The second kappa shape index (κ2) is 8.23. The summed E-state index contributed by atoms with van der Waals surface area (Å²) in [5, 5.41) is 7.17. The fraction of sp³-hybridized carbons (Fsp3) is 0.100. The second-order valence-corrected chi connectivity index (χ2v) is 9.17. The van der Waals surface area contributed by atoms with Crippen molar-refractivity contribution in [3.05, 3.63) is 76.8 Å². The summed E-state index contributed by atoms with van der Waals surface area (Å²) in [6.45, 7) is 0.467. The van der Waals surface area contributed by atoms with E-state index >= 15 is 0 Å². The van der Waals surface area contributed by atoms with Crippen molar-refractivity contribution in [3.8, 4) is 0 Å². The maximum Gasteiger partial charge on any atom is 0.269 e. The largest absolute Gasteiger partial charge is 0.353 e. The summed E-state index contributed by atoms with van der Waals surface area (Å²) in [5.74, 6) is 0. The molecule has 1 aromatic carbocycles. The Labute approximate surface area is 183 Å². The van der Waals surface area contributed by atoms with Gasteiger partial charge in [-0.05, 0) is 43.4 Å². The Kier molecular flexibility index (Phi) is 5.66. The molecule has 0 saturated heterocycles. The van der Waals surface area contributed by atoms with Crippen molar-refractivity contribution in [2.75, 3.05) is 12.4 Å². The maximum atomic E-state index is 13.2. The fourth-order valence-corrected chi connectivity index (χ4v) is 4.88. The van der Waals surface area contributed by atoms with Gasteiger partial charge in [-0.25, -0.2) is 12.4 Å². The number of aromatic nitrogens is 3. The highest BCUT2D eigenvalue weighted by Gasteiger charge is 2.22. The molecule has 3 heterocycles. The van der Waals surface area contributed by atoms with Crippen LogP contribution in [-0.2, 0) is 16.6 Å². The van der Waals surface area contributed by atoms with Crippen molar-refractivity contribution < 1.29 is 8.42 Å². The van der Waals surface area contributed by atoms with Gasteiger partial charge in [-0.1, -0.05) is 23.2 Å². The van der Waals surface area contributed by atoms with Crippen LogP contribution >= 0.6 is 23.2 Å². The first-order valence-corrected chi connectivity index (χ1v) is 11.1. The molecular weight excluding hydrogens is 445 g/mol. The first-order valence-electron chi connectivity index (χ1n) is 8.92. The van der Waals surface area contributed by atoms with Crippen LogP contribution in [0.15, 0.2) is 66.1 Å². The molecule has 4 aromatic rings. The molecular formula is C20H17Cl2N5O2S. The van der Waals surface area contributed by atoms with Crippen molar-refractivity contribution in [2.45, 2.75) is 11.4 Å². The number of benzene rings is 1. The molecule has 0 radical (unpaired) electrons. The molecule has 0 unspecified atom stereocenters. The predicted octanol–water partition coefficient (Wildman–Crippen LogP) is 4.44. The highest BCUT2D eigenvalue weighted by Crippen LogP contribution is 2.31. The van der Waals surface area contributed by atoms with Gasteiger partial charge in [0.05, 0.1) is 33.6 Å². The molecule has 2 N–H and O–H groups in total. The van der Waals surface area contributed by atoms with E-state index in [4.69, 9.17) is 23.2 Å². The van der Waals surface area contributed by atoms with E-state index in [1.165, 1.54) is 22.4 Å². The third kappa shape index (κ3) is 3.87. The third-order valence-corrected chi connectivity index (χ3v) is 6.66. The lowest BCUT2D eigenvalue weighted by atomic mass is 10.2. The lowest BCUT2D eigenvalue weighted by Crippen LogP contribution is -2.12. The smallest absolute Gasteiger partial charge is 0.269 e. The van der Waals surface area contributed by atoms with E-state index in [9.17, 15) is 8.42 Å². The van der Waals surface area contributed by atoms with Crippen LogP contribution in [0.25, 0.3) is 11.0 Å². The minimum Gasteiger partial charge on any atom is -0.353 e. The van der Waals surface area contributed by atoms with Crippen molar-refractivity contribution in [1.82, 2.24) is 19.3 Å². The second-order valence-electron chi connectivity index (χ2n) is 6.52. The quantitative estimate of drug-likeness (QED) is 0.441. The van der Waals surface area contributed by atoms with Crippen molar-refractivity contribution in [3.63, 3.8) is 0 Å². The number of fused-ring (bicyclic) bond motifs is 1. The lowest BCUT2D eigenvalue weighted by molar-refractivity contribution is 0.588. The Bertz CT molecular complexity index is 1320. The number of hydrogen-bond donors (Lipinski definition) is 2. The number of nitrogens with zero attached hydrogens (tertiary/aromatic N) is 3. The summed E-state index contributed by atoms with van der Waals surface area (Å²) in [5.41, 5.74) is 3.01. The fourth-order valence-electron chi connectivity index (χ4n) is 3.09. The minimum atomic E-state index is -3.85. The molecule has 10 heteroatoms. The molecule has 154 valence electrons.